The molecule has 0 bridgehead atoms. The summed E-state index contributed by atoms with van der Waals surface area (Å²) in [4.78, 5) is 28.1. The molecule has 3 rings (SSSR count). The lowest BCUT2D eigenvalue weighted by Crippen LogP contribution is -2.31. The first-order chi connectivity index (χ1) is 15.0. The Hall–Kier alpha value is -3.79. The number of nitrogens with one attached hydrogen (secondary N) is 1. The Morgan fingerprint density at radius 3 is 2.38 bits per heavy atom. The van der Waals surface area contributed by atoms with E-state index in [4.69, 9.17) is 21.4 Å². The van der Waals surface area contributed by atoms with Gasteiger partial charge in [-0.05, 0) is 48.5 Å². The average molecular weight is 466 g/mol. The number of rotatable bonds is 5. The Morgan fingerprint density at radius 2 is 1.75 bits per heavy atom. The molecule has 0 fully saturated rings. The molecular weight excluding hydrogens is 451 g/mol. The summed E-state index contributed by atoms with van der Waals surface area (Å²) in [5.74, 6) is -0.566. The Bertz CT molecular complexity index is 1150. The van der Waals surface area contributed by atoms with Crippen molar-refractivity contribution in [3.8, 4) is 11.5 Å². The number of benzene rings is 2. The number of carbonyl (C=O) groups is 2. The topological polar surface area (TPSA) is 91.8 Å². The van der Waals surface area contributed by atoms with Gasteiger partial charge in [0.25, 0.3) is 0 Å². The van der Waals surface area contributed by atoms with Crippen LogP contribution in [0.2, 0.25) is 5.02 Å². The van der Waals surface area contributed by atoms with Gasteiger partial charge in [-0.15, -0.1) is 0 Å². The van der Waals surface area contributed by atoms with E-state index in [1.54, 1.807) is 0 Å². The number of urea groups is 1. The highest BCUT2D eigenvalue weighted by Gasteiger charge is 2.34. The zero-order valence-electron chi connectivity index (χ0n) is 16.4. The molecule has 1 heterocycles. The lowest BCUT2D eigenvalue weighted by molar-refractivity contribution is -0.137. The minimum absolute atomic E-state index is 0.00565. The summed E-state index contributed by atoms with van der Waals surface area (Å²) in [7, 11) is 1.32. The second kappa shape index (κ2) is 9.15. The van der Waals surface area contributed by atoms with Crippen molar-refractivity contribution in [3.63, 3.8) is 0 Å². The van der Waals surface area contributed by atoms with Crippen LogP contribution in [0.15, 0.2) is 60.8 Å². The van der Waals surface area contributed by atoms with Gasteiger partial charge in [0.05, 0.1) is 10.6 Å². The Labute approximate surface area is 185 Å². The molecule has 0 unspecified atom stereocenters. The van der Waals surface area contributed by atoms with Gasteiger partial charge >= 0.3 is 18.2 Å². The minimum atomic E-state index is -4.65. The standard InChI is InChI=1S/C21H15ClF3N3O4/c1-28(13-4-7-17(22)16(10-13)21(23,24)25)20(31)27-12-2-5-14(6-3-12)32-15-8-9-26-18(11-15)19(29)30/h2-11H,1H3,(H,27,31)(H,29,30). The molecule has 0 spiro atoms. The largest absolute Gasteiger partial charge is 0.477 e. The van der Waals surface area contributed by atoms with Gasteiger partial charge in [-0.25, -0.2) is 14.6 Å². The third-order valence-electron chi connectivity index (χ3n) is 4.24. The lowest BCUT2D eigenvalue weighted by Gasteiger charge is -2.20. The molecule has 166 valence electrons. The zero-order valence-corrected chi connectivity index (χ0v) is 17.1. The van der Waals surface area contributed by atoms with Crippen molar-refractivity contribution >= 4 is 35.0 Å². The second-order valence-electron chi connectivity index (χ2n) is 6.46. The Balaban J connectivity index is 1.68. The number of ether oxygens (including phenoxy) is 1. The van der Waals surface area contributed by atoms with Gasteiger partial charge < -0.3 is 15.2 Å². The highest BCUT2D eigenvalue weighted by atomic mass is 35.5. The molecule has 7 nitrogen and oxygen atoms in total. The van der Waals surface area contributed by atoms with E-state index in [0.717, 1.165) is 17.0 Å². The molecule has 32 heavy (non-hydrogen) atoms. The molecule has 0 aliphatic carbocycles. The third kappa shape index (κ3) is 5.46. The van der Waals surface area contributed by atoms with Crippen molar-refractivity contribution in [1.82, 2.24) is 4.98 Å². The molecular formula is C21H15ClF3N3O4. The molecule has 0 aliphatic heterocycles. The zero-order chi connectivity index (χ0) is 23.5. The molecule has 2 aromatic carbocycles. The molecule has 3 aromatic rings. The number of halogens is 4. The fourth-order valence-corrected chi connectivity index (χ4v) is 2.82. The molecule has 0 radical (unpaired) electrons. The van der Waals surface area contributed by atoms with Gasteiger partial charge in [-0.3, -0.25) is 4.90 Å². The molecule has 0 aliphatic rings. The first-order valence-corrected chi connectivity index (χ1v) is 9.31. The number of carboxylic acid groups (broad SMARTS) is 1. The molecule has 0 saturated carbocycles. The molecule has 0 atom stereocenters. The monoisotopic (exact) mass is 465 g/mol. The average Bonchev–Trinajstić information content (AvgIpc) is 2.74. The van der Waals surface area contributed by atoms with E-state index in [1.165, 1.54) is 55.7 Å². The third-order valence-corrected chi connectivity index (χ3v) is 4.57. The first-order valence-electron chi connectivity index (χ1n) is 8.93. The molecule has 0 saturated heterocycles. The van der Waals surface area contributed by atoms with E-state index in [-0.39, 0.29) is 17.1 Å². The maximum Gasteiger partial charge on any atom is 0.417 e. The number of aromatic nitrogens is 1. The highest BCUT2D eigenvalue weighted by Crippen LogP contribution is 2.37. The summed E-state index contributed by atoms with van der Waals surface area (Å²) in [6.07, 6.45) is -3.36. The number of aromatic carboxylic acids is 1. The van der Waals surface area contributed by atoms with Crippen LogP contribution in [0.25, 0.3) is 0 Å². The number of nitrogens with zero attached hydrogens (tertiary/aromatic N) is 2. The van der Waals surface area contributed by atoms with Crippen molar-refractivity contribution in [2.75, 3.05) is 17.3 Å². The number of carboxylic acids is 1. The fraction of sp³-hybridized carbons (Fsp3) is 0.0952. The van der Waals surface area contributed by atoms with Crippen molar-refractivity contribution in [1.29, 1.82) is 0 Å². The Morgan fingerprint density at radius 1 is 1.06 bits per heavy atom. The smallest absolute Gasteiger partial charge is 0.417 e. The maximum absolute atomic E-state index is 13.0. The van der Waals surface area contributed by atoms with Gasteiger partial charge in [0.15, 0.2) is 5.69 Å². The van der Waals surface area contributed by atoms with Crippen molar-refractivity contribution in [3.05, 3.63) is 77.1 Å². The van der Waals surface area contributed by atoms with Crippen LogP contribution in [0.5, 0.6) is 11.5 Å². The second-order valence-corrected chi connectivity index (χ2v) is 6.87. The highest BCUT2D eigenvalue weighted by molar-refractivity contribution is 6.31. The van der Waals surface area contributed by atoms with E-state index in [0.29, 0.717) is 11.4 Å². The Kier molecular flexibility index (Phi) is 6.54. The van der Waals surface area contributed by atoms with Crippen LogP contribution >= 0.6 is 11.6 Å². The SMILES string of the molecule is CN(C(=O)Nc1ccc(Oc2ccnc(C(=O)O)c2)cc1)c1ccc(Cl)c(C(F)(F)F)c1. The minimum Gasteiger partial charge on any atom is -0.477 e. The fourth-order valence-electron chi connectivity index (χ4n) is 2.60. The molecule has 1 aromatic heterocycles. The summed E-state index contributed by atoms with van der Waals surface area (Å²) in [5, 5.41) is 11.1. The quantitative estimate of drug-likeness (QED) is 0.488. The van der Waals surface area contributed by atoms with E-state index in [9.17, 15) is 22.8 Å². The van der Waals surface area contributed by atoms with Crippen LogP contribution in [-0.2, 0) is 6.18 Å². The van der Waals surface area contributed by atoms with Crippen LogP contribution in [-0.4, -0.2) is 29.1 Å². The van der Waals surface area contributed by atoms with Crippen molar-refractivity contribution in [2.45, 2.75) is 6.18 Å². The predicted molar refractivity (Wildman–Crippen MR) is 112 cm³/mol. The number of alkyl halides is 3. The number of hydrogen-bond donors (Lipinski definition) is 2. The van der Waals surface area contributed by atoms with Gasteiger partial charge in [0.2, 0.25) is 0 Å². The van der Waals surface area contributed by atoms with Gasteiger partial charge in [0.1, 0.15) is 11.5 Å². The van der Waals surface area contributed by atoms with Crippen LogP contribution in [0.3, 0.4) is 0 Å². The van der Waals surface area contributed by atoms with E-state index < -0.39 is 28.8 Å². The molecule has 2 N–H and O–H groups in total. The predicted octanol–water partition coefficient (Wildman–Crippen LogP) is 5.91. The number of amides is 2. The number of hydrogen-bond acceptors (Lipinski definition) is 4. The van der Waals surface area contributed by atoms with E-state index in [1.807, 2.05) is 0 Å². The molecule has 2 amide bonds. The van der Waals surface area contributed by atoms with Crippen LogP contribution in [0.1, 0.15) is 16.1 Å². The summed E-state index contributed by atoms with van der Waals surface area (Å²) in [5.41, 5.74) is -0.850. The summed E-state index contributed by atoms with van der Waals surface area (Å²) < 4.78 is 44.7. The van der Waals surface area contributed by atoms with E-state index >= 15 is 0 Å². The van der Waals surface area contributed by atoms with Crippen LogP contribution in [0.4, 0.5) is 29.3 Å². The normalized spacial score (nSPS) is 11.0. The summed E-state index contributed by atoms with van der Waals surface area (Å²) in [6, 6.07) is 11.3. The van der Waals surface area contributed by atoms with Gasteiger partial charge in [-0.2, -0.15) is 13.2 Å². The lowest BCUT2D eigenvalue weighted by atomic mass is 10.2. The van der Waals surface area contributed by atoms with Crippen molar-refractivity contribution < 1.29 is 32.6 Å². The summed E-state index contributed by atoms with van der Waals surface area (Å²) in [6.45, 7) is 0. The van der Waals surface area contributed by atoms with Crippen LogP contribution in [0, 0.1) is 0 Å². The van der Waals surface area contributed by atoms with Crippen LogP contribution < -0.4 is 15.0 Å². The van der Waals surface area contributed by atoms with E-state index in [2.05, 4.69) is 10.3 Å². The first kappa shape index (κ1) is 22.9. The summed E-state index contributed by atoms with van der Waals surface area (Å²) >= 11 is 5.61. The number of pyridine rings is 1. The maximum atomic E-state index is 13.0. The number of anilines is 2. The van der Waals surface area contributed by atoms with Gasteiger partial charge in [-0.1, -0.05) is 11.6 Å². The van der Waals surface area contributed by atoms with Gasteiger partial charge in [0, 0.05) is 30.7 Å². The van der Waals surface area contributed by atoms with Crippen molar-refractivity contribution in [2.24, 2.45) is 0 Å². The molecule has 11 heteroatoms. The number of carbonyl (C=O) groups excluding carboxylic acids is 1.